The van der Waals surface area contributed by atoms with E-state index in [-0.39, 0.29) is 11.7 Å². The maximum atomic E-state index is 11.9. The van der Waals surface area contributed by atoms with Crippen LogP contribution in [-0.2, 0) is 4.74 Å². The number of esters is 1. The average Bonchev–Trinajstić information content (AvgIpc) is 2.38. The molecule has 0 saturated heterocycles. The number of nitrogens with zero attached hydrogens (tertiary/aromatic N) is 2. The van der Waals surface area contributed by atoms with Crippen molar-refractivity contribution in [2.45, 2.75) is 26.8 Å². The van der Waals surface area contributed by atoms with Gasteiger partial charge in [0.05, 0.1) is 17.8 Å². The van der Waals surface area contributed by atoms with Gasteiger partial charge in [0.25, 0.3) is 0 Å². The summed E-state index contributed by atoms with van der Waals surface area (Å²) in [5.41, 5.74) is 1.66. The van der Waals surface area contributed by atoms with Crippen molar-refractivity contribution in [3.63, 3.8) is 0 Å². The van der Waals surface area contributed by atoms with Crippen LogP contribution in [-0.4, -0.2) is 28.8 Å². The Hall–Kier alpha value is -2.17. The minimum Gasteiger partial charge on any atom is -0.461 e. The van der Waals surface area contributed by atoms with Crippen molar-refractivity contribution >= 4 is 22.6 Å². The monoisotopic (exact) mass is 259 g/mol. The number of hydrogen-bond donors (Lipinski definition) is 1. The van der Waals surface area contributed by atoms with Crippen LogP contribution in [0.5, 0.6) is 0 Å². The van der Waals surface area contributed by atoms with Crippen LogP contribution in [0.25, 0.3) is 10.9 Å². The summed E-state index contributed by atoms with van der Waals surface area (Å²) < 4.78 is 5.02. The fourth-order valence-corrected chi connectivity index (χ4v) is 1.83. The Labute approximate surface area is 112 Å². The molecule has 5 heteroatoms. The largest absolute Gasteiger partial charge is 0.461 e. The number of carbonyl (C=O) groups excluding carboxylic acids is 1. The lowest BCUT2D eigenvalue weighted by Gasteiger charge is -2.15. The van der Waals surface area contributed by atoms with Crippen molar-refractivity contribution < 1.29 is 9.53 Å². The van der Waals surface area contributed by atoms with Crippen LogP contribution in [0.4, 0.5) is 5.69 Å². The van der Waals surface area contributed by atoms with Crippen molar-refractivity contribution in [1.82, 2.24) is 10.2 Å². The molecule has 1 aromatic carbocycles. The summed E-state index contributed by atoms with van der Waals surface area (Å²) in [6, 6.07) is 7.76. The number of nitrogens with one attached hydrogen (secondary N) is 1. The molecule has 0 aliphatic carbocycles. The topological polar surface area (TPSA) is 64.1 Å². The Kier molecular flexibility index (Phi) is 3.94. The van der Waals surface area contributed by atoms with Gasteiger partial charge in [-0.25, -0.2) is 4.79 Å². The number of rotatable bonds is 4. The number of hydrogen-bond acceptors (Lipinski definition) is 5. The number of carbonyl (C=O) groups is 1. The molecule has 5 nitrogen and oxygen atoms in total. The average molecular weight is 259 g/mol. The van der Waals surface area contributed by atoms with E-state index in [1.54, 1.807) is 6.92 Å². The van der Waals surface area contributed by atoms with Crippen LogP contribution in [0.1, 0.15) is 31.3 Å². The molecule has 19 heavy (non-hydrogen) atoms. The molecule has 1 aromatic heterocycles. The second-order valence-electron chi connectivity index (χ2n) is 4.46. The highest BCUT2D eigenvalue weighted by molar-refractivity contribution is 6.03. The third-order valence-corrected chi connectivity index (χ3v) is 2.57. The predicted molar refractivity (Wildman–Crippen MR) is 74.3 cm³/mol. The van der Waals surface area contributed by atoms with Crippen LogP contribution in [0, 0.1) is 0 Å². The molecule has 0 fully saturated rings. The van der Waals surface area contributed by atoms with E-state index < -0.39 is 5.97 Å². The van der Waals surface area contributed by atoms with Crippen molar-refractivity contribution in [2.75, 3.05) is 11.9 Å². The van der Waals surface area contributed by atoms with E-state index in [9.17, 15) is 4.79 Å². The zero-order valence-corrected chi connectivity index (χ0v) is 11.3. The highest BCUT2D eigenvalue weighted by atomic mass is 16.5. The molecule has 1 N–H and O–H groups in total. The highest BCUT2D eigenvalue weighted by Gasteiger charge is 2.18. The lowest BCUT2D eigenvalue weighted by Crippen LogP contribution is -2.17. The van der Waals surface area contributed by atoms with Crippen LogP contribution in [0.15, 0.2) is 24.3 Å². The van der Waals surface area contributed by atoms with Gasteiger partial charge in [-0.2, -0.15) is 0 Å². The quantitative estimate of drug-likeness (QED) is 0.855. The summed E-state index contributed by atoms with van der Waals surface area (Å²) in [6.45, 7) is 6.09. The highest BCUT2D eigenvalue weighted by Crippen LogP contribution is 2.25. The minimum absolute atomic E-state index is 0.181. The Bertz CT molecular complexity index is 596. The van der Waals surface area contributed by atoms with Gasteiger partial charge >= 0.3 is 5.97 Å². The Morgan fingerprint density at radius 2 is 2.05 bits per heavy atom. The van der Waals surface area contributed by atoms with Crippen molar-refractivity contribution in [2.24, 2.45) is 0 Å². The van der Waals surface area contributed by atoms with Gasteiger partial charge in [-0.3, -0.25) is 0 Å². The SMILES string of the molecule is CCOC(=O)c1nnc2ccccc2c1NC(C)C. The van der Waals surface area contributed by atoms with E-state index in [1.807, 2.05) is 38.1 Å². The molecule has 0 amide bonds. The Balaban J connectivity index is 2.59. The first-order chi connectivity index (χ1) is 9.13. The molecule has 0 aliphatic rings. The fourth-order valence-electron chi connectivity index (χ4n) is 1.83. The van der Waals surface area contributed by atoms with E-state index in [0.717, 1.165) is 10.9 Å². The summed E-state index contributed by atoms with van der Waals surface area (Å²) >= 11 is 0. The van der Waals surface area contributed by atoms with E-state index in [0.29, 0.717) is 12.3 Å². The van der Waals surface area contributed by atoms with E-state index >= 15 is 0 Å². The minimum atomic E-state index is -0.455. The molecule has 1 heterocycles. The molecule has 0 saturated carbocycles. The number of anilines is 1. The Morgan fingerprint density at radius 1 is 1.32 bits per heavy atom. The first-order valence-corrected chi connectivity index (χ1v) is 6.32. The summed E-state index contributed by atoms with van der Waals surface area (Å²) in [5, 5.41) is 12.2. The zero-order chi connectivity index (χ0) is 13.8. The summed E-state index contributed by atoms with van der Waals surface area (Å²) in [6.07, 6.45) is 0. The van der Waals surface area contributed by atoms with Gasteiger partial charge in [-0.15, -0.1) is 10.2 Å². The standard InChI is InChI=1S/C14H17N3O2/c1-4-19-14(18)13-12(15-9(2)3)10-7-5-6-8-11(10)16-17-13/h5-9H,4H2,1-3H3,(H,15,16). The smallest absolute Gasteiger partial charge is 0.361 e. The lowest BCUT2D eigenvalue weighted by molar-refractivity contribution is 0.0519. The van der Waals surface area contributed by atoms with Crippen molar-refractivity contribution in [3.8, 4) is 0 Å². The van der Waals surface area contributed by atoms with E-state index in [2.05, 4.69) is 15.5 Å². The van der Waals surface area contributed by atoms with Gasteiger partial charge in [-0.1, -0.05) is 18.2 Å². The van der Waals surface area contributed by atoms with Crippen LogP contribution >= 0.6 is 0 Å². The number of aromatic nitrogens is 2. The molecular weight excluding hydrogens is 242 g/mol. The van der Waals surface area contributed by atoms with Crippen molar-refractivity contribution in [3.05, 3.63) is 30.0 Å². The third kappa shape index (κ3) is 2.81. The maximum absolute atomic E-state index is 11.9. The fraction of sp³-hybridized carbons (Fsp3) is 0.357. The van der Waals surface area contributed by atoms with Gasteiger partial charge in [0, 0.05) is 11.4 Å². The number of benzene rings is 1. The van der Waals surface area contributed by atoms with E-state index in [4.69, 9.17) is 4.74 Å². The molecule has 0 radical (unpaired) electrons. The lowest BCUT2D eigenvalue weighted by atomic mass is 10.1. The summed E-state index contributed by atoms with van der Waals surface area (Å²) in [5.74, 6) is -0.455. The van der Waals surface area contributed by atoms with Crippen LogP contribution in [0.3, 0.4) is 0 Å². The summed E-state index contributed by atoms with van der Waals surface area (Å²) in [7, 11) is 0. The van der Waals surface area contributed by atoms with Gasteiger partial charge in [-0.05, 0) is 26.8 Å². The molecule has 0 aliphatic heterocycles. The van der Waals surface area contributed by atoms with Crippen molar-refractivity contribution in [1.29, 1.82) is 0 Å². The van der Waals surface area contributed by atoms with Gasteiger partial charge in [0.1, 0.15) is 0 Å². The van der Waals surface area contributed by atoms with Gasteiger partial charge in [0.2, 0.25) is 0 Å². The van der Waals surface area contributed by atoms with Crippen LogP contribution in [0.2, 0.25) is 0 Å². The zero-order valence-electron chi connectivity index (χ0n) is 11.3. The molecule has 0 unspecified atom stereocenters. The molecule has 0 atom stereocenters. The second kappa shape index (κ2) is 5.65. The number of ether oxygens (including phenoxy) is 1. The summed E-state index contributed by atoms with van der Waals surface area (Å²) in [4.78, 5) is 11.9. The molecule has 2 rings (SSSR count). The predicted octanol–water partition coefficient (Wildman–Crippen LogP) is 2.63. The molecule has 0 bridgehead atoms. The maximum Gasteiger partial charge on any atom is 0.361 e. The first kappa shape index (κ1) is 13.3. The molecule has 0 spiro atoms. The van der Waals surface area contributed by atoms with E-state index in [1.165, 1.54) is 0 Å². The second-order valence-corrected chi connectivity index (χ2v) is 4.46. The third-order valence-electron chi connectivity index (χ3n) is 2.57. The normalized spacial score (nSPS) is 10.7. The molecule has 2 aromatic rings. The first-order valence-electron chi connectivity index (χ1n) is 6.32. The molecule has 100 valence electrons. The molecular formula is C14H17N3O2. The van der Waals surface area contributed by atoms with Gasteiger partial charge in [0.15, 0.2) is 5.69 Å². The van der Waals surface area contributed by atoms with Gasteiger partial charge < -0.3 is 10.1 Å². The number of fused-ring (bicyclic) bond motifs is 1. The van der Waals surface area contributed by atoms with Crippen LogP contribution < -0.4 is 5.32 Å². The Morgan fingerprint density at radius 3 is 2.74 bits per heavy atom.